The van der Waals surface area contributed by atoms with Crippen LogP contribution in [0.4, 0.5) is 5.82 Å². The molecule has 0 saturated heterocycles. The monoisotopic (exact) mass is 180 g/mol. The maximum absolute atomic E-state index is 4.06. The summed E-state index contributed by atoms with van der Waals surface area (Å²) in [5, 5.41) is 3.22. The summed E-state index contributed by atoms with van der Waals surface area (Å²) in [4.78, 5) is 10.1. The Kier molecular flexibility index (Phi) is 4.18. The number of rotatable bonds is 5. The van der Waals surface area contributed by atoms with E-state index in [4.69, 9.17) is 0 Å². The molecule has 72 valence electrons. The van der Waals surface area contributed by atoms with Gasteiger partial charge in [0.15, 0.2) is 0 Å². The highest BCUT2D eigenvalue weighted by Crippen LogP contribution is 1.97. The fraction of sp³-hybridized carbons (Fsp3) is 0.556. The zero-order valence-electron chi connectivity index (χ0n) is 8.20. The Morgan fingerprint density at radius 2 is 2.31 bits per heavy atom. The van der Waals surface area contributed by atoms with Crippen LogP contribution >= 0.6 is 0 Å². The van der Waals surface area contributed by atoms with Gasteiger partial charge in [0.05, 0.1) is 0 Å². The summed E-state index contributed by atoms with van der Waals surface area (Å²) >= 11 is 0. The van der Waals surface area contributed by atoms with Gasteiger partial charge in [-0.3, -0.25) is 0 Å². The van der Waals surface area contributed by atoms with Crippen molar-refractivity contribution in [3.63, 3.8) is 0 Å². The van der Waals surface area contributed by atoms with E-state index in [1.54, 1.807) is 12.5 Å². The molecular formula is C9H16N4. The molecule has 1 rings (SSSR count). The van der Waals surface area contributed by atoms with Gasteiger partial charge in [0.25, 0.3) is 0 Å². The number of anilines is 1. The third-order valence-electron chi connectivity index (χ3n) is 1.67. The SMILES string of the molecule is CN(C)CCCNc1ccncn1. The Labute approximate surface area is 79.0 Å². The average molecular weight is 180 g/mol. The standard InChI is InChI=1S/C9H16N4/c1-13(2)7-3-5-11-9-4-6-10-8-12-9/h4,6,8H,3,5,7H2,1-2H3,(H,10,11,12). The van der Waals surface area contributed by atoms with Crippen LogP contribution in [0.3, 0.4) is 0 Å². The first-order chi connectivity index (χ1) is 6.29. The molecule has 0 atom stereocenters. The molecule has 0 bridgehead atoms. The third-order valence-corrected chi connectivity index (χ3v) is 1.67. The number of nitrogens with zero attached hydrogens (tertiary/aromatic N) is 3. The summed E-state index contributed by atoms with van der Waals surface area (Å²) in [6, 6.07) is 1.87. The van der Waals surface area contributed by atoms with Crippen LogP contribution < -0.4 is 5.32 Å². The first-order valence-electron chi connectivity index (χ1n) is 4.43. The summed E-state index contributed by atoms with van der Waals surface area (Å²) in [7, 11) is 4.15. The first-order valence-corrected chi connectivity index (χ1v) is 4.43. The third kappa shape index (κ3) is 4.42. The molecule has 13 heavy (non-hydrogen) atoms. The molecule has 4 heteroatoms. The van der Waals surface area contributed by atoms with Crippen LogP contribution in [0.15, 0.2) is 18.6 Å². The average Bonchev–Trinajstić information content (AvgIpc) is 2.14. The van der Waals surface area contributed by atoms with Gasteiger partial charge in [-0.15, -0.1) is 0 Å². The highest BCUT2D eigenvalue weighted by Gasteiger charge is 1.92. The Hall–Kier alpha value is -1.16. The van der Waals surface area contributed by atoms with Gasteiger partial charge in [0.1, 0.15) is 12.1 Å². The fourth-order valence-corrected chi connectivity index (χ4v) is 1.01. The zero-order valence-corrected chi connectivity index (χ0v) is 8.20. The van der Waals surface area contributed by atoms with Gasteiger partial charge in [-0.05, 0) is 33.1 Å². The topological polar surface area (TPSA) is 41.0 Å². The molecule has 0 spiro atoms. The lowest BCUT2D eigenvalue weighted by Crippen LogP contribution is -2.16. The van der Waals surface area contributed by atoms with E-state index in [1.165, 1.54) is 0 Å². The van der Waals surface area contributed by atoms with Gasteiger partial charge in [0, 0.05) is 12.7 Å². The molecule has 0 radical (unpaired) electrons. The largest absolute Gasteiger partial charge is 0.370 e. The van der Waals surface area contributed by atoms with Gasteiger partial charge in [-0.25, -0.2) is 9.97 Å². The normalized spacial score (nSPS) is 10.4. The van der Waals surface area contributed by atoms with Crippen molar-refractivity contribution in [1.82, 2.24) is 14.9 Å². The Morgan fingerprint density at radius 1 is 1.46 bits per heavy atom. The number of nitrogens with one attached hydrogen (secondary N) is 1. The Morgan fingerprint density at radius 3 is 2.92 bits per heavy atom. The second kappa shape index (κ2) is 5.48. The van der Waals surface area contributed by atoms with Crippen molar-refractivity contribution in [2.45, 2.75) is 6.42 Å². The summed E-state index contributed by atoms with van der Waals surface area (Å²) < 4.78 is 0. The molecule has 1 aromatic heterocycles. The highest BCUT2D eigenvalue weighted by atomic mass is 15.1. The van der Waals surface area contributed by atoms with Gasteiger partial charge in [0.2, 0.25) is 0 Å². The lowest BCUT2D eigenvalue weighted by Gasteiger charge is -2.09. The van der Waals surface area contributed by atoms with E-state index in [9.17, 15) is 0 Å². The van der Waals surface area contributed by atoms with Crippen molar-refractivity contribution in [2.75, 3.05) is 32.5 Å². The minimum Gasteiger partial charge on any atom is -0.370 e. The van der Waals surface area contributed by atoms with Crippen LogP contribution in [0, 0.1) is 0 Å². The summed E-state index contributed by atoms with van der Waals surface area (Å²) in [5.74, 6) is 0.897. The van der Waals surface area contributed by atoms with Crippen LogP contribution in [0.2, 0.25) is 0 Å². The molecule has 0 fully saturated rings. The van der Waals surface area contributed by atoms with E-state index >= 15 is 0 Å². The smallest absolute Gasteiger partial charge is 0.129 e. The maximum atomic E-state index is 4.06. The minimum atomic E-state index is 0.897. The zero-order chi connectivity index (χ0) is 9.52. The molecule has 1 heterocycles. The molecule has 0 amide bonds. The molecule has 0 aliphatic carbocycles. The van der Waals surface area contributed by atoms with Crippen LogP contribution in [0.1, 0.15) is 6.42 Å². The van der Waals surface area contributed by atoms with Gasteiger partial charge < -0.3 is 10.2 Å². The minimum absolute atomic E-state index is 0.897. The molecule has 1 aromatic rings. The summed E-state index contributed by atoms with van der Waals surface area (Å²) in [5.41, 5.74) is 0. The van der Waals surface area contributed by atoms with E-state index in [2.05, 4.69) is 34.3 Å². The van der Waals surface area contributed by atoms with E-state index in [0.717, 1.165) is 25.3 Å². The second-order valence-corrected chi connectivity index (χ2v) is 3.18. The van der Waals surface area contributed by atoms with Crippen LogP contribution in [-0.4, -0.2) is 42.1 Å². The van der Waals surface area contributed by atoms with E-state index < -0.39 is 0 Å². The van der Waals surface area contributed by atoms with Crippen LogP contribution in [0.5, 0.6) is 0 Å². The number of hydrogen-bond acceptors (Lipinski definition) is 4. The fourth-order valence-electron chi connectivity index (χ4n) is 1.01. The van der Waals surface area contributed by atoms with Crippen molar-refractivity contribution in [1.29, 1.82) is 0 Å². The molecule has 0 aromatic carbocycles. The molecule has 0 aliphatic rings. The molecular weight excluding hydrogens is 164 g/mol. The molecule has 0 unspecified atom stereocenters. The molecule has 0 aliphatic heterocycles. The summed E-state index contributed by atoms with van der Waals surface area (Å²) in [6.45, 7) is 2.05. The van der Waals surface area contributed by atoms with Gasteiger partial charge in [-0.2, -0.15) is 0 Å². The summed E-state index contributed by atoms with van der Waals surface area (Å²) in [6.07, 6.45) is 4.41. The Bertz CT molecular complexity index is 222. The number of hydrogen-bond donors (Lipinski definition) is 1. The molecule has 0 saturated carbocycles. The van der Waals surface area contributed by atoms with Crippen LogP contribution in [0.25, 0.3) is 0 Å². The first kappa shape index (κ1) is 9.92. The number of aromatic nitrogens is 2. The molecule has 4 nitrogen and oxygen atoms in total. The van der Waals surface area contributed by atoms with Crippen LogP contribution in [-0.2, 0) is 0 Å². The van der Waals surface area contributed by atoms with Crippen molar-refractivity contribution in [2.24, 2.45) is 0 Å². The predicted molar refractivity (Wildman–Crippen MR) is 53.7 cm³/mol. The Balaban J connectivity index is 2.13. The van der Waals surface area contributed by atoms with E-state index in [1.807, 2.05) is 6.07 Å². The lowest BCUT2D eigenvalue weighted by atomic mass is 10.4. The van der Waals surface area contributed by atoms with Crippen molar-refractivity contribution >= 4 is 5.82 Å². The van der Waals surface area contributed by atoms with Crippen molar-refractivity contribution < 1.29 is 0 Å². The van der Waals surface area contributed by atoms with Gasteiger partial charge >= 0.3 is 0 Å². The quantitative estimate of drug-likeness (QED) is 0.682. The highest BCUT2D eigenvalue weighted by molar-refractivity contribution is 5.31. The van der Waals surface area contributed by atoms with Gasteiger partial charge in [-0.1, -0.05) is 0 Å². The van der Waals surface area contributed by atoms with Crippen molar-refractivity contribution in [3.05, 3.63) is 18.6 Å². The second-order valence-electron chi connectivity index (χ2n) is 3.18. The predicted octanol–water partition coefficient (Wildman–Crippen LogP) is 0.840. The lowest BCUT2D eigenvalue weighted by molar-refractivity contribution is 0.405. The van der Waals surface area contributed by atoms with Crippen molar-refractivity contribution in [3.8, 4) is 0 Å². The maximum Gasteiger partial charge on any atom is 0.129 e. The van der Waals surface area contributed by atoms with E-state index in [-0.39, 0.29) is 0 Å². The molecule has 1 N–H and O–H groups in total. The van der Waals surface area contributed by atoms with E-state index in [0.29, 0.717) is 0 Å².